The molecular formula is C6H12NRb. The first-order valence-electron chi connectivity index (χ1n) is 2.90. The molecule has 0 spiro atoms. The Hall–Kier alpha value is 1.77. The van der Waals surface area contributed by atoms with E-state index in [-0.39, 0.29) is 58.2 Å². The maximum Gasteiger partial charge on any atom is 1.00 e. The molecular weight excluding hydrogens is 172 g/mol. The van der Waals surface area contributed by atoms with Crippen LogP contribution in [0.2, 0.25) is 0 Å². The van der Waals surface area contributed by atoms with Crippen molar-refractivity contribution in [2.75, 3.05) is 20.1 Å². The van der Waals surface area contributed by atoms with Gasteiger partial charge in [0.05, 0.1) is 0 Å². The molecule has 0 atom stereocenters. The molecule has 0 aromatic heterocycles. The molecule has 1 rings (SSSR count). The van der Waals surface area contributed by atoms with Crippen LogP contribution in [-0.4, -0.2) is 25.0 Å². The van der Waals surface area contributed by atoms with E-state index in [2.05, 4.69) is 18.4 Å². The van der Waals surface area contributed by atoms with Crippen LogP contribution in [0, 0.1) is 6.42 Å². The van der Waals surface area contributed by atoms with Gasteiger partial charge < -0.3 is 11.3 Å². The fraction of sp³-hybridized carbons (Fsp3) is 0.833. The number of hydrogen-bond acceptors (Lipinski definition) is 1. The van der Waals surface area contributed by atoms with Crippen molar-refractivity contribution < 1.29 is 58.2 Å². The maximum atomic E-state index is 2.36. The summed E-state index contributed by atoms with van der Waals surface area (Å²) in [6, 6.07) is 0. The summed E-state index contributed by atoms with van der Waals surface area (Å²) in [5.41, 5.74) is 0. The minimum absolute atomic E-state index is 0. The van der Waals surface area contributed by atoms with Crippen LogP contribution in [0.1, 0.15) is 12.8 Å². The van der Waals surface area contributed by atoms with Crippen molar-refractivity contribution in [1.82, 2.24) is 4.90 Å². The topological polar surface area (TPSA) is 3.24 Å². The first kappa shape index (κ1) is 9.77. The number of likely N-dealkylation sites (tertiary alicyclic amines) is 1. The monoisotopic (exact) mass is 183 g/mol. The molecule has 2 heteroatoms. The van der Waals surface area contributed by atoms with Crippen LogP contribution in [-0.2, 0) is 0 Å². The van der Waals surface area contributed by atoms with Gasteiger partial charge in [-0.15, -0.1) is 0 Å². The smallest absolute Gasteiger partial charge is 0.326 e. The van der Waals surface area contributed by atoms with Crippen LogP contribution >= 0.6 is 0 Å². The minimum Gasteiger partial charge on any atom is -0.326 e. The largest absolute Gasteiger partial charge is 1.00 e. The molecule has 1 aliphatic rings. The summed E-state index contributed by atoms with van der Waals surface area (Å²) in [5.74, 6) is 0. The summed E-state index contributed by atoms with van der Waals surface area (Å²) < 4.78 is 0. The Labute approximate surface area is 101 Å². The number of piperidine rings is 1. The summed E-state index contributed by atoms with van der Waals surface area (Å²) in [5, 5.41) is 0. The molecule has 0 bridgehead atoms. The molecule has 0 radical (unpaired) electrons. The summed E-state index contributed by atoms with van der Waals surface area (Å²) in [6.45, 7) is 2.53. The van der Waals surface area contributed by atoms with Crippen LogP contribution in [0.4, 0.5) is 0 Å². The number of hydrogen-bond donors (Lipinski definition) is 0. The summed E-state index contributed by atoms with van der Waals surface area (Å²) in [7, 11) is 2.17. The standard InChI is InChI=1S/C6H12N.Rb/c1-7-5-3-2-4-6-7;/h2H,3-6H2,1H3;/q-1;+1. The molecule has 8 heavy (non-hydrogen) atoms. The van der Waals surface area contributed by atoms with Gasteiger partial charge in [0.15, 0.2) is 0 Å². The quantitative estimate of drug-likeness (QED) is 0.390. The molecule has 42 valence electrons. The van der Waals surface area contributed by atoms with E-state index in [1.807, 2.05) is 0 Å². The van der Waals surface area contributed by atoms with Gasteiger partial charge in [0.2, 0.25) is 0 Å². The van der Waals surface area contributed by atoms with E-state index >= 15 is 0 Å². The van der Waals surface area contributed by atoms with E-state index in [0.29, 0.717) is 0 Å². The summed E-state index contributed by atoms with van der Waals surface area (Å²) in [6.07, 6.45) is 4.94. The zero-order valence-corrected chi connectivity index (χ0v) is 10.8. The van der Waals surface area contributed by atoms with Crippen LogP contribution in [0.15, 0.2) is 0 Å². The van der Waals surface area contributed by atoms with Gasteiger partial charge in [0, 0.05) is 0 Å². The zero-order valence-electron chi connectivity index (χ0n) is 5.85. The predicted molar refractivity (Wildman–Crippen MR) is 31.0 cm³/mol. The Kier molecular flexibility index (Phi) is 6.77. The summed E-state index contributed by atoms with van der Waals surface area (Å²) in [4.78, 5) is 2.36. The molecule has 0 saturated carbocycles. The van der Waals surface area contributed by atoms with E-state index in [4.69, 9.17) is 0 Å². The molecule has 0 amide bonds. The third kappa shape index (κ3) is 3.73. The van der Waals surface area contributed by atoms with Crippen LogP contribution < -0.4 is 58.2 Å². The van der Waals surface area contributed by atoms with Crippen molar-refractivity contribution >= 4 is 0 Å². The average molecular weight is 184 g/mol. The van der Waals surface area contributed by atoms with Crippen molar-refractivity contribution in [3.63, 3.8) is 0 Å². The molecule has 1 nitrogen and oxygen atoms in total. The average Bonchev–Trinajstić information content (AvgIpc) is 1.69. The number of nitrogens with zero attached hydrogens (tertiary/aromatic N) is 1. The second kappa shape index (κ2) is 5.54. The molecule has 0 aromatic carbocycles. The molecule has 1 saturated heterocycles. The van der Waals surface area contributed by atoms with Crippen molar-refractivity contribution in [3.8, 4) is 0 Å². The predicted octanol–water partition coefficient (Wildman–Crippen LogP) is -2.08. The Bertz CT molecular complexity index is 50.5. The van der Waals surface area contributed by atoms with E-state index < -0.39 is 0 Å². The van der Waals surface area contributed by atoms with E-state index in [0.717, 1.165) is 0 Å². The molecule has 1 aliphatic heterocycles. The Balaban J connectivity index is 0.000000490. The van der Waals surface area contributed by atoms with Crippen molar-refractivity contribution in [2.45, 2.75) is 12.8 Å². The van der Waals surface area contributed by atoms with E-state index in [1.165, 1.54) is 25.9 Å². The molecule has 1 heterocycles. The first-order chi connectivity index (χ1) is 3.39. The Morgan fingerprint density at radius 3 is 2.00 bits per heavy atom. The van der Waals surface area contributed by atoms with E-state index in [9.17, 15) is 0 Å². The van der Waals surface area contributed by atoms with Gasteiger partial charge in [-0.05, 0) is 20.1 Å². The Morgan fingerprint density at radius 1 is 1.25 bits per heavy atom. The normalized spacial score (nSPS) is 22.1. The fourth-order valence-corrected chi connectivity index (χ4v) is 0.879. The van der Waals surface area contributed by atoms with Gasteiger partial charge in [-0.1, -0.05) is 0 Å². The van der Waals surface area contributed by atoms with Gasteiger partial charge in [0.1, 0.15) is 0 Å². The van der Waals surface area contributed by atoms with Crippen LogP contribution in [0.5, 0.6) is 0 Å². The van der Waals surface area contributed by atoms with Crippen LogP contribution in [0.3, 0.4) is 0 Å². The molecule has 1 fully saturated rings. The first-order valence-corrected chi connectivity index (χ1v) is 2.90. The van der Waals surface area contributed by atoms with Gasteiger partial charge in [-0.3, -0.25) is 0 Å². The molecule has 0 N–H and O–H groups in total. The molecule has 0 unspecified atom stereocenters. The SMILES string of the molecule is CN1CC[CH-]CC1.[Rb+]. The number of rotatable bonds is 0. The summed E-state index contributed by atoms with van der Waals surface area (Å²) >= 11 is 0. The van der Waals surface area contributed by atoms with Gasteiger partial charge in [0.25, 0.3) is 0 Å². The molecule has 0 aliphatic carbocycles. The van der Waals surface area contributed by atoms with Gasteiger partial charge in [-0.2, -0.15) is 12.8 Å². The third-order valence-electron chi connectivity index (χ3n) is 1.43. The van der Waals surface area contributed by atoms with E-state index in [1.54, 1.807) is 0 Å². The molecule has 0 aromatic rings. The van der Waals surface area contributed by atoms with Gasteiger partial charge >= 0.3 is 58.2 Å². The Morgan fingerprint density at radius 2 is 1.75 bits per heavy atom. The minimum atomic E-state index is 0. The second-order valence-corrected chi connectivity index (χ2v) is 2.17. The van der Waals surface area contributed by atoms with Crippen LogP contribution in [0.25, 0.3) is 0 Å². The maximum absolute atomic E-state index is 2.36. The third-order valence-corrected chi connectivity index (χ3v) is 1.43. The van der Waals surface area contributed by atoms with Crippen molar-refractivity contribution in [2.24, 2.45) is 0 Å². The second-order valence-electron chi connectivity index (χ2n) is 2.17. The van der Waals surface area contributed by atoms with Crippen molar-refractivity contribution in [1.29, 1.82) is 0 Å². The van der Waals surface area contributed by atoms with Gasteiger partial charge in [-0.25, -0.2) is 0 Å². The zero-order chi connectivity index (χ0) is 5.11. The van der Waals surface area contributed by atoms with Crippen molar-refractivity contribution in [3.05, 3.63) is 6.42 Å². The fourth-order valence-electron chi connectivity index (χ4n) is 0.879.